The van der Waals surface area contributed by atoms with E-state index in [9.17, 15) is 10.1 Å². The molecule has 0 spiro atoms. The number of carbonyl (C=O) groups excluding carboxylic acids is 1. The first kappa shape index (κ1) is 23.9. The van der Waals surface area contributed by atoms with Crippen molar-refractivity contribution in [1.29, 1.82) is 5.26 Å². The second-order valence-electron chi connectivity index (χ2n) is 7.54. The molecule has 2 rings (SSSR count). The number of esters is 1. The van der Waals surface area contributed by atoms with Crippen LogP contribution in [0.4, 0.5) is 0 Å². The molecule has 0 saturated heterocycles. The Labute approximate surface area is 184 Å². The summed E-state index contributed by atoms with van der Waals surface area (Å²) in [6.45, 7) is 6.86. The molecule has 0 fully saturated rings. The molecular weight excluding hydrogens is 398 g/mol. The molecule has 1 aromatic carbocycles. The lowest BCUT2D eigenvalue weighted by atomic mass is 10.0. The molecule has 0 aliphatic rings. The summed E-state index contributed by atoms with van der Waals surface area (Å²) >= 11 is 5.23. The number of fused-ring (bicyclic) bond motifs is 1. The number of nitrogens with zero attached hydrogens (tertiary/aromatic N) is 1. The van der Waals surface area contributed by atoms with Crippen LogP contribution in [-0.2, 0) is 9.53 Å². The molecule has 0 bridgehead atoms. The summed E-state index contributed by atoms with van der Waals surface area (Å²) in [6.07, 6.45) is 8.07. The predicted octanol–water partition coefficient (Wildman–Crippen LogP) is 6.71. The maximum Gasteiger partial charge on any atom is 0.305 e. The van der Waals surface area contributed by atoms with E-state index in [1.807, 2.05) is 32.9 Å². The third-order valence-electron chi connectivity index (χ3n) is 5.09. The first-order valence-corrected chi connectivity index (χ1v) is 11.1. The molecule has 0 unspecified atom stereocenters. The lowest BCUT2D eigenvalue weighted by molar-refractivity contribution is -0.143. The molecule has 0 amide bonds. The second kappa shape index (κ2) is 12.3. The average Bonchev–Trinajstić information content (AvgIpc) is 2.72. The zero-order valence-corrected chi connectivity index (χ0v) is 19.0. The molecule has 5 nitrogen and oxygen atoms in total. The van der Waals surface area contributed by atoms with Crippen LogP contribution in [0.1, 0.15) is 75.0 Å². The highest BCUT2D eigenvalue weighted by Gasteiger charge is 2.13. The number of benzene rings is 1. The first-order valence-electron chi connectivity index (χ1n) is 10.7. The number of ether oxygens (including phenoxy) is 2. The summed E-state index contributed by atoms with van der Waals surface area (Å²) in [7, 11) is 0. The fraction of sp³-hybridized carbons (Fsp3) is 0.542. The summed E-state index contributed by atoms with van der Waals surface area (Å²) < 4.78 is 17.0. The van der Waals surface area contributed by atoms with Crippen molar-refractivity contribution < 1.29 is 18.7 Å². The highest BCUT2D eigenvalue weighted by molar-refractivity contribution is 7.71. The van der Waals surface area contributed by atoms with E-state index in [0.717, 1.165) is 55.0 Å². The van der Waals surface area contributed by atoms with Gasteiger partial charge in [-0.3, -0.25) is 4.79 Å². The van der Waals surface area contributed by atoms with E-state index in [-0.39, 0.29) is 10.7 Å². The van der Waals surface area contributed by atoms with Crippen molar-refractivity contribution >= 4 is 29.2 Å². The minimum absolute atomic E-state index is 0.117. The Kier molecular flexibility index (Phi) is 9.82. The standard InChI is InChI=1S/C24H31NO4S/c1-4-22(26)28-13-11-9-7-5-6-8-10-12-27-21-15-17(2)14-19-18(3)20(16-25)24(30)29-23(19)21/h14-15H,4-13H2,1-3H3. The number of hydrogen-bond donors (Lipinski definition) is 0. The van der Waals surface area contributed by atoms with Gasteiger partial charge in [0.2, 0.25) is 4.71 Å². The molecule has 0 atom stereocenters. The van der Waals surface area contributed by atoms with E-state index in [2.05, 4.69) is 6.07 Å². The van der Waals surface area contributed by atoms with Crippen molar-refractivity contribution in [3.05, 3.63) is 33.5 Å². The third-order valence-corrected chi connectivity index (χ3v) is 5.37. The smallest absolute Gasteiger partial charge is 0.305 e. The van der Waals surface area contributed by atoms with Crippen LogP contribution in [0, 0.1) is 29.9 Å². The maximum atomic E-state index is 11.0. The van der Waals surface area contributed by atoms with Crippen LogP contribution in [0.2, 0.25) is 0 Å². The topological polar surface area (TPSA) is 72.5 Å². The molecule has 0 N–H and O–H groups in total. The number of aryl methyl sites for hydroxylation is 2. The van der Waals surface area contributed by atoms with E-state index in [1.165, 1.54) is 6.42 Å². The monoisotopic (exact) mass is 429 g/mol. The minimum Gasteiger partial charge on any atom is -0.490 e. The Morgan fingerprint density at radius 1 is 1.07 bits per heavy atom. The summed E-state index contributed by atoms with van der Waals surface area (Å²) in [5.41, 5.74) is 2.92. The minimum atomic E-state index is -0.117. The van der Waals surface area contributed by atoms with Gasteiger partial charge in [-0.15, -0.1) is 0 Å². The molecule has 2 aromatic rings. The number of carbonyl (C=O) groups is 1. The number of nitriles is 1. The highest BCUT2D eigenvalue weighted by Crippen LogP contribution is 2.32. The van der Waals surface area contributed by atoms with Gasteiger partial charge < -0.3 is 13.9 Å². The largest absolute Gasteiger partial charge is 0.490 e. The van der Waals surface area contributed by atoms with Gasteiger partial charge in [-0.2, -0.15) is 5.26 Å². The van der Waals surface area contributed by atoms with Crippen molar-refractivity contribution in [1.82, 2.24) is 0 Å². The molecule has 1 aromatic heterocycles. The molecule has 0 aliphatic heterocycles. The molecule has 1 heterocycles. The SMILES string of the molecule is CCC(=O)OCCCCCCCCCOc1cc(C)cc2c(C)c(C#N)c(=S)oc12. The molecular formula is C24H31NO4S. The van der Waals surface area contributed by atoms with Crippen LogP contribution in [0.25, 0.3) is 11.0 Å². The van der Waals surface area contributed by atoms with E-state index >= 15 is 0 Å². The first-order chi connectivity index (χ1) is 14.5. The summed E-state index contributed by atoms with van der Waals surface area (Å²) in [5, 5.41) is 10.2. The van der Waals surface area contributed by atoms with Gasteiger partial charge >= 0.3 is 5.97 Å². The van der Waals surface area contributed by atoms with E-state index in [1.54, 1.807) is 0 Å². The summed E-state index contributed by atoms with van der Waals surface area (Å²) in [6, 6.07) is 6.08. The quantitative estimate of drug-likeness (QED) is 0.212. The Hall–Kier alpha value is -2.39. The Balaban J connectivity index is 1.75. The normalized spacial score (nSPS) is 10.7. The summed E-state index contributed by atoms with van der Waals surface area (Å²) in [5.74, 6) is 0.569. The van der Waals surface area contributed by atoms with Crippen LogP contribution in [-0.4, -0.2) is 19.2 Å². The lowest BCUT2D eigenvalue weighted by Crippen LogP contribution is -2.03. The summed E-state index contributed by atoms with van der Waals surface area (Å²) in [4.78, 5) is 11.0. The number of rotatable bonds is 12. The van der Waals surface area contributed by atoms with Crippen LogP contribution in [0.5, 0.6) is 5.75 Å². The Morgan fingerprint density at radius 2 is 1.70 bits per heavy atom. The zero-order chi connectivity index (χ0) is 21.9. The van der Waals surface area contributed by atoms with Gasteiger partial charge in [0.05, 0.1) is 13.2 Å². The molecule has 0 radical (unpaired) electrons. The van der Waals surface area contributed by atoms with Gasteiger partial charge in [0.25, 0.3) is 0 Å². The van der Waals surface area contributed by atoms with E-state index < -0.39 is 0 Å². The van der Waals surface area contributed by atoms with Gasteiger partial charge in [-0.25, -0.2) is 0 Å². The van der Waals surface area contributed by atoms with Crippen LogP contribution in [0.15, 0.2) is 16.5 Å². The van der Waals surface area contributed by atoms with Crippen LogP contribution in [0.3, 0.4) is 0 Å². The van der Waals surface area contributed by atoms with Crippen LogP contribution < -0.4 is 4.74 Å². The van der Waals surface area contributed by atoms with Crippen molar-refractivity contribution in [3.63, 3.8) is 0 Å². The molecule has 0 saturated carbocycles. The van der Waals surface area contributed by atoms with Crippen molar-refractivity contribution in [2.75, 3.05) is 13.2 Å². The van der Waals surface area contributed by atoms with Crippen molar-refractivity contribution in [2.45, 2.75) is 72.1 Å². The molecule has 162 valence electrons. The lowest BCUT2D eigenvalue weighted by Gasteiger charge is -2.12. The maximum absolute atomic E-state index is 11.0. The third kappa shape index (κ3) is 6.84. The second-order valence-corrected chi connectivity index (χ2v) is 7.91. The van der Waals surface area contributed by atoms with Gasteiger partial charge in [0.1, 0.15) is 11.6 Å². The van der Waals surface area contributed by atoms with Crippen molar-refractivity contribution in [2.24, 2.45) is 0 Å². The van der Waals surface area contributed by atoms with Gasteiger partial charge in [-0.1, -0.05) is 39.0 Å². The number of hydrogen-bond acceptors (Lipinski definition) is 6. The van der Waals surface area contributed by atoms with Gasteiger partial charge in [-0.05, 0) is 62.2 Å². The predicted molar refractivity (Wildman–Crippen MR) is 120 cm³/mol. The van der Waals surface area contributed by atoms with Crippen molar-refractivity contribution in [3.8, 4) is 11.8 Å². The fourth-order valence-electron chi connectivity index (χ4n) is 3.35. The van der Waals surface area contributed by atoms with Gasteiger partial charge in [0, 0.05) is 11.8 Å². The van der Waals surface area contributed by atoms with E-state index in [4.69, 9.17) is 26.1 Å². The number of unbranched alkanes of at least 4 members (excludes halogenated alkanes) is 6. The molecule has 30 heavy (non-hydrogen) atoms. The average molecular weight is 430 g/mol. The molecule has 0 aliphatic carbocycles. The van der Waals surface area contributed by atoms with E-state index in [0.29, 0.717) is 36.5 Å². The highest BCUT2D eigenvalue weighted by atomic mass is 32.1. The zero-order valence-electron chi connectivity index (χ0n) is 18.2. The Morgan fingerprint density at radius 3 is 2.33 bits per heavy atom. The fourth-order valence-corrected chi connectivity index (χ4v) is 3.63. The Bertz CT molecular complexity index is 958. The molecule has 6 heteroatoms. The van der Waals surface area contributed by atoms with Crippen LogP contribution >= 0.6 is 12.2 Å². The van der Waals surface area contributed by atoms with Gasteiger partial charge in [0.15, 0.2) is 11.3 Å².